The van der Waals surface area contributed by atoms with Crippen LogP contribution in [-0.4, -0.2) is 23.0 Å². The highest BCUT2D eigenvalue weighted by molar-refractivity contribution is 5.16. The van der Waals surface area contributed by atoms with E-state index in [9.17, 15) is 0 Å². The first-order valence-corrected chi connectivity index (χ1v) is 22.1. The zero-order valence-electron chi connectivity index (χ0n) is 29.1. The fraction of sp³-hybridized carbons (Fsp3) is 1.00. The molecule has 10 saturated carbocycles. The zero-order chi connectivity index (χ0) is 29.2. The van der Waals surface area contributed by atoms with Crippen LogP contribution in [0.15, 0.2) is 0 Å². The van der Waals surface area contributed by atoms with E-state index in [1.165, 1.54) is 0 Å². The van der Waals surface area contributed by atoms with Crippen molar-refractivity contribution in [3.05, 3.63) is 0 Å². The van der Waals surface area contributed by atoms with Gasteiger partial charge in [0.1, 0.15) is 0 Å². The van der Waals surface area contributed by atoms with Crippen LogP contribution < -0.4 is 0 Å². The summed E-state index contributed by atoms with van der Waals surface area (Å²) in [5.74, 6) is 18.1. The Hall–Kier alpha value is -0.0400. The highest BCUT2D eigenvalue weighted by Gasteiger charge is 2.65. The predicted octanol–water partition coefficient (Wildman–Crippen LogP) is 11.2. The molecule has 18 atom stereocenters. The molecule has 0 aromatic carbocycles. The zero-order valence-corrected chi connectivity index (χ0v) is 29.1. The third-order valence-corrected chi connectivity index (χ3v) is 19.6. The Balaban J connectivity index is 0.869. The molecule has 0 aromatic heterocycles. The molecule has 10 aliphatic carbocycles. The maximum atomic E-state index is 3.46. The summed E-state index contributed by atoms with van der Waals surface area (Å²) < 4.78 is 0. The van der Waals surface area contributed by atoms with Crippen LogP contribution in [0.25, 0.3) is 0 Å². The summed E-state index contributed by atoms with van der Waals surface area (Å²) >= 11 is 0. The Kier molecular flexibility index (Phi) is 7.18. The quantitative estimate of drug-likeness (QED) is 0.300. The standard InChI is InChI=1S/C44H69N/c1-2-9-28-23-30(22-27(28)8-1)33-14-6-11-29-24-31-25-32(19-20-34(31)41(29)33)45-39-17-7-16-38-36-13-4-3-12-35(36)37-15-5-10-26-18-21-40(45)44(42(26)37)43(38)39/h26-44H,1-25H2. The number of hydrogen-bond donors (Lipinski definition) is 0. The van der Waals surface area contributed by atoms with Gasteiger partial charge in [0.05, 0.1) is 0 Å². The predicted molar refractivity (Wildman–Crippen MR) is 184 cm³/mol. The first-order chi connectivity index (χ1) is 22.3. The topological polar surface area (TPSA) is 3.24 Å². The van der Waals surface area contributed by atoms with E-state index in [2.05, 4.69) is 4.90 Å². The summed E-state index contributed by atoms with van der Waals surface area (Å²) in [6.07, 6.45) is 40.3. The van der Waals surface area contributed by atoms with E-state index < -0.39 is 0 Å². The monoisotopic (exact) mass is 612 g/mol. The summed E-state index contributed by atoms with van der Waals surface area (Å²) in [5.41, 5.74) is 0. The second-order valence-electron chi connectivity index (χ2n) is 20.5. The van der Waals surface area contributed by atoms with Crippen molar-refractivity contribution in [2.24, 2.45) is 94.7 Å². The summed E-state index contributed by atoms with van der Waals surface area (Å²) in [6.45, 7) is 0. The second-order valence-corrected chi connectivity index (χ2v) is 20.5. The molecular weight excluding hydrogens is 542 g/mol. The highest BCUT2D eigenvalue weighted by atomic mass is 15.3. The molecule has 1 aliphatic heterocycles. The summed E-state index contributed by atoms with van der Waals surface area (Å²) in [6, 6.07) is 2.98. The van der Waals surface area contributed by atoms with Crippen LogP contribution in [0, 0.1) is 94.7 Å². The Bertz CT molecular complexity index is 1080. The summed E-state index contributed by atoms with van der Waals surface area (Å²) in [5, 5.41) is 0. The molecule has 1 heterocycles. The lowest BCUT2D eigenvalue weighted by Crippen LogP contribution is -2.53. The van der Waals surface area contributed by atoms with E-state index in [1.807, 2.05) is 0 Å². The minimum atomic E-state index is 0.973. The van der Waals surface area contributed by atoms with Crippen LogP contribution >= 0.6 is 0 Å². The Morgan fingerprint density at radius 1 is 0.267 bits per heavy atom. The van der Waals surface area contributed by atoms with Crippen LogP contribution in [0.5, 0.6) is 0 Å². The lowest BCUT2D eigenvalue weighted by atomic mass is 9.55. The molecule has 11 fully saturated rings. The maximum absolute atomic E-state index is 3.46. The number of nitrogens with zero attached hydrogens (tertiary/aromatic N) is 1. The highest BCUT2D eigenvalue weighted by Crippen LogP contribution is 2.68. The van der Waals surface area contributed by atoms with Crippen LogP contribution in [0.2, 0.25) is 0 Å². The third-order valence-electron chi connectivity index (χ3n) is 19.6. The van der Waals surface area contributed by atoms with E-state index in [1.54, 1.807) is 161 Å². The van der Waals surface area contributed by atoms with E-state index in [4.69, 9.17) is 0 Å². The minimum absolute atomic E-state index is 0.973. The molecule has 1 saturated heterocycles. The Labute approximate surface area is 277 Å². The van der Waals surface area contributed by atoms with Gasteiger partial charge < -0.3 is 0 Å². The van der Waals surface area contributed by atoms with Crippen molar-refractivity contribution in [3.8, 4) is 0 Å². The van der Waals surface area contributed by atoms with Gasteiger partial charge in [-0.15, -0.1) is 0 Å². The van der Waals surface area contributed by atoms with Gasteiger partial charge in [-0.25, -0.2) is 0 Å². The first-order valence-electron chi connectivity index (χ1n) is 22.1. The van der Waals surface area contributed by atoms with Gasteiger partial charge in [0.25, 0.3) is 0 Å². The molecule has 45 heavy (non-hydrogen) atoms. The molecule has 11 aliphatic rings. The summed E-state index contributed by atoms with van der Waals surface area (Å²) in [7, 11) is 0. The fourth-order valence-electron chi connectivity index (χ4n) is 18.8. The molecule has 0 bridgehead atoms. The van der Waals surface area contributed by atoms with E-state index in [0.717, 1.165) is 113 Å². The molecule has 1 nitrogen and oxygen atoms in total. The summed E-state index contributed by atoms with van der Waals surface area (Å²) in [4.78, 5) is 3.46. The number of hydrogen-bond acceptors (Lipinski definition) is 1. The van der Waals surface area contributed by atoms with Gasteiger partial charge >= 0.3 is 0 Å². The first kappa shape index (κ1) is 28.8. The lowest BCUT2D eigenvalue weighted by molar-refractivity contribution is -0.0365. The molecule has 11 rings (SSSR count). The number of fused-ring (bicyclic) bond motifs is 7. The average Bonchev–Trinajstić information content (AvgIpc) is 3.76. The van der Waals surface area contributed by atoms with Gasteiger partial charge in [-0.1, -0.05) is 70.6 Å². The molecule has 0 N–H and O–H groups in total. The van der Waals surface area contributed by atoms with Gasteiger partial charge in [-0.2, -0.15) is 0 Å². The molecule has 18 unspecified atom stereocenters. The molecule has 1 heteroatoms. The van der Waals surface area contributed by atoms with Crippen molar-refractivity contribution in [2.75, 3.05) is 0 Å². The molecular formula is C44H69N. The SMILES string of the molecule is C1CCC2CC(C3CCCC4CC5CC(N6C7CCCC8C9CCCCC9C9CCCC%10CCC6C(C%109)C87)CCC5C43)CC2C1. The van der Waals surface area contributed by atoms with Gasteiger partial charge in [0.2, 0.25) is 0 Å². The van der Waals surface area contributed by atoms with Crippen LogP contribution in [0.4, 0.5) is 0 Å². The van der Waals surface area contributed by atoms with E-state index >= 15 is 0 Å². The largest absolute Gasteiger partial charge is 0.294 e. The van der Waals surface area contributed by atoms with Crippen molar-refractivity contribution in [1.29, 1.82) is 0 Å². The third kappa shape index (κ3) is 4.31. The van der Waals surface area contributed by atoms with Crippen LogP contribution in [0.1, 0.15) is 161 Å². The number of likely N-dealkylation sites (tertiary alicyclic amines) is 1. The second kappa shape index (κ2) is 11.2. The smallest absolute Gasteiger partial charge is 0.0136 e. The molecule has 0 amide bonds. The maximum Gasteiger partial charge on any atom is 0.0136 e. The molecule has 0 aromatic rings. The van der Waals surface area contributed by atoms with E-state index in [-0.39, 0.29) is 0 Å². The van der Waals surface area contributed by atoms with Gasteiger partial charge in [-0.05, 0) is 185 Å². The average molecular weight is 612 g/mol. The van der Waals surface area contributed by atoms with Crippen molar-refractivity contribution in [2.45, 2.75) is 179 Å². The Morgan fingerprint density at radius 3 is 1.62 bits per heavy atom. The van der Waals surface area contributed by atoms with Gasteiger partial charge in [0.15, 0.2) is 0 Å². The van der Waals surface area contributed by atoms with Crippen molar-refractivity contribution < 1.29 is 0 Å². The molecule has 0 radical (unpaired) electrons. The van der Waals surface area contributed by atoms with E-state index in [0.29, 0.717) is 0 Å². The van der Waals surface area contributed by atoms with Gasteiger partial charge in [0, 0.05) is 18.1 Å². The normalized spacial score (nSPS) is 60.1. The number of rotatable bonds is 2. The Morgan fingerprint density at radius 2 is 0.822 bits per heavy atom. The van der Waals surface area contributed by atoms with Crippen molar-refractivity contribution in [1.82, 2.24) is 4.90 Å². The van der Waals surface area contributed by atoms with Crippen LogP contribution in [-0.2, 0) is 0 Å². The van der Waals surface area contributed by atoms with Crippen molar-refractivity contribution >= 4 is 0 Å². The molecule has 0 spiro atoms. The lowest BCUT2D eigenvalue weighted by Gasteiger charge is -2.53. The molecule has 250 valence electrons. The van der Waals surface area contributed by atoms with Gasteiger partial charge in [-0.3, -0.25) is 4.90 Å². The minimum Gasteiger partial charge on any atom is -0.294 e. The fourth-order valence-corrected chi connectivity index (χ4v) is 18.8. The van der Waals surface area contributed by atoms with Crippen molar-refractivity contribution in [3.63, 3.8) is 0 Å². The van der Waals surface area contributed by atoms with Crippen LogP contribution in [0.3, 0.4) is 0 Å².